The van der Waals surface area contributed by atoms with E-state index in [-0.39, 0.29) is 34.3 Å². The Morgan fingerprint density at radius 3 is 2.42 bits per heavy atom. The van der Waals surface area contributed by atoms with E-state index in [0.717, 1.165) is 0 Å². The molecule has 0 saturated heterocycles. The minimum Gasteiger partial charge on any atom is -0.508 e. The van der Waals surface area contributed by atoms with E-state index in [1.165, 1.54) is 30.3 Å². The van der Waals surface area contributed by atoms with Crippen molar-refractivity contribution in [1.82, 2.24) is 0 Å². The number of carboxylic acid groups (broad SMARTS) is 1. The molecular weight excluding hydrogens is 398 g/mol. The van der Waals surface area contributed by atoms with Gasteiger partial charge in [0, 0.05) is 40.3 Å². The largest absolute Gasteiger partial charge is 0.508 e. The fraction of sp³-hybridized carbons (Fsp3) is 0.125. The topological polar surface area (TPSA) is 117 Å². The van der Waals surface area contributed by atoms with E-state index in [1.54, 1.807) is 38.1 Å². The molecule has 1 amide bonds. The van der Waals surface area contributed by atoms with Gasteiger partial charge in [0.2, 0.25) is 5.91 Å². The van der Waals surface area contributed by atoms with Crippen LogP contribution >= 0.6 is 0 Å². The highest BCUT2D eigenvalue weighted by atomic mass is 16.4. The van der Waals surface area contributed by atoms with Gasteiger partial charge in [-0.2, -0.15) is 0 Å². The Hall–Kier alpha value is -4.13. The van der Waals surface area contributed by atoms with Gasteiger partial charge < -0.3 is 19.9 Å². The summed E-state index contributed by atoms with van der Waals surface area (Å²) in [5.74, 6) is -1.40. The van der Waals surface area contributed by atoms with Gasteiger partial charge >= 0.3 is 5.97 Å². The van der Waals surface area contributed by atoms with Crippen LogP contribution in [-0.4, -0.2) is 22.1 Å². The van der Waals surface area contributed by atoms with E-state index in [1.807, 2.05) is 0 Å². The molecule has 2 aliphatic rings. The Bertz CT molecular complexity index is 1370. The fourth-order valence-corrected chi connectivity index (χ4v) is 3.45. The molecule has 31 heavy (non-hydrogen) atoms. The lowest BCUT2D eigenvalue weighted by Crippen LogP contribution is -2.18. The number of aromatic carboxylic acids is 1. The molecule has 1 heterocycles. The van der Waals surface area contributed by atoms with Crippen molar-refractivity contribution in [2.75, 3.05) is 5.32 Å². The molecule has 0 saturated carbocycles. The number of nitrogens with one attached hydrogen (secondary N) is 1. The maximum absolute atomic E-state index is 12.1. The summed E-state index contributed by atoms with van der Waals surface area (Å²) in [5.41, 5.74) is 1.90. The second-order valence-electron chi connectivity index (χ2n) is 7.52. The maximum atomic E-state index is 12.1. The van der Waals surface area contributed by atoms with Crippen molar-refractivity contribution in [2.24, 2.45) is 5.92 Å². The van der Waals surface area contributed by atoms with Gasteiger partial charge in [0.1, 0.15) is 17.1 Å². The lowest BCUT2D eigenvalue weighted by Gasteiger charge is -2.17. The molecule has 0 bridgehead atoms. The average Bonchev–Trinajstić information content (AvgIpc) is 2.71. The summed E-state index contributed by atoms with van der Waals surface area (Å²) in [6.45, 7) is 3.49. The molecule has 1 aliphatic carbocycles. The van der Waals surface area contributed by atoms with Crippen LogP contribution in [-0.2, 0) is 4.79 Å². The van der Waals surface area contributed by atoms with Crippen molar-refractivity contribution in [3.8, 4) is 28.2 Å². The van der Waals surface area contributed by atoms with Crippen LogP contribution in [0.2, 0.25) is 0 Å². The summed E-state index contributed by atoms with van der Waals surface area (Å²) in [6.07, 6.45) is 0. The summed E-state index contributed by atoms with van der Waals surface area (Å²) in [4.78, 5) is 36.0. The van der Waals surface area contributed by atoms with Gasteiger partial charge in [-0.25, -0.2) is 4.79 Å². The summed E-state index contributed by atoms with van der Waals surface area (Å²) in [6, 6.07) is 13.5. The van der Waals surface area contributed by atoms with Gasteiger partial charge in [-0.3, -0.25) is 9.59 Å². The molecule has 7 heteroatoms. The number of phenolic OH excluding ortho intramolecular Hbond substituents is 1. The summed E-state index contributed by atoms with van der Waals surface area (Å²) in [7, 11) is 0. The molecule has 1 aliphatic heterocycles. The van der Waals surface area contributed by atoms with Gasteiger partial charge in [-0.15, -0.1) is 0 Å². The number of hydrogen-bond acceptors (Lipinski definition) is 5. The van der Waals surface area contributed by atoms with Crippen molar-refractivity contribution in [2.45, 2.75) is 13.8 Å². The zero-order chi connectivity index (χ0) is 22.3. The summed E-state index contributed by atoms with van der Waals surface area (Å²) in [5, 5.41) is 23.1. The monoisotopic (exact) mass is 417 g/mol. The average molecular weight is 417 g/mol. The normalized spacial score (nSPS) is 11.2. The number of carbonyl (C=O) groups is 2. The number of hydrogen-bond donors (Lipinski definition) is 3. The summed E-state index contributed by atoms with van der Waals surface area (Å²) < 4.78 is 5.81. The molecule has 7 nitrogen and oxygen atoms in total. The first kappa shape index (κ1) is 20.2. The minimum absolute atomic E-state index is 0.0189. The standard InChI is InChI=1S/C24H19NO6/c1-12(2)23(28)25-13-3-6-16(19(9-13)24(29)30)22-17-7-4-14(26)10-20(17)31-21-11-15(27)5-8-18(21)22/h3-12,26H,1-2H3,(H,25,28)(H,29,30). The van der Waals surface area contributed by atoms with Gasteiger partial charge in [0.05, 0.1) is 5.56 Å². The quantitative estimate of drug-likeness (QED) is 0.419. The van der Waals surface area contributed by atoms with Crippen LogP contribution in [0.5, 0.6) is 5.75 Å². The Balaban J connectivity index is 2.02. The number of aromatic hydroxyl groups is 1. The SMILES string of the molecule is CC(C)C(=O)Nc1ccc(-c2c3ccc(=O)cc-3oc3cc(O)ccc23)c(C(=O)O)c1. The molecule has 0 atom stereocenters. The number of carboxylic acids is 1. The van der Waals surface area contributed by atoms with Crippen LogP contribution in [0.15, 0.2) is 63.8 Å². The van der Waals surface area contributed by atoms with Crippen molar-refractivity contribution < 1.29 is 24.2 Å². The van der Waals surface area contributed by atoms with E-state index >= 15 is 0 Å². The first-order valence-corrected chi connectivity index (χ1v) is 9.63. The van der Waals surface area contributed by atoms with Gasteiger partial charge in [0.25, 0.3) is 0 Å². The molecule has 0 fully saturated rings. The van der Waals surface area contributed by atoms with Crippen LogP contribution in [0.4, 0.5) is 5.69 Å². The van der Waals surface area contributed by atoms with Crippen molar-refractivity contribution in [1.29, 1.82) is 0 Å². The lowest BCUT2D eigenvalue weighted by molar-refractivity contribution is -0.118. The predicted molar refractivity (Wildman–Crippen MR) is 117 cm³/mol. The Morgan fingerprint density at radius 1 is 0.968 bits per heavy atom. The molecule has 0 unspecified atom stereocenters. The van der Waals surface area contributed by atoms with E-state index in [9.17, 15) is 24.6 Å². The molecule has 4 rings (SSSR count). The van der Waals surface area contributed by atoms with Crippen molar-refractivity contribution >= 4 is 28.5 Å². The lowest BCUT2D eigenvalue weighted by atomic mass is 9.90. The Morgan fingerprint density at radius 2 is 1.71 bits per heavy atom. The molecule has 0 radical (unpaired) electrons. The van der Waals surface area contributed by atoms with Gasteiger partial charge in [-0.1, -0.05) is 19.9 Å². The smallest absolute Gasteiger partial charge is 0.336 e. The third-order valence-corrected chi connectivity index (χ3v) is 4.99. The van der Waals surface area contributed by atoms with Crippen LogP contribution in [0, 0.1) is 5.92 Å². The zero-order valence-electron chi connectivity index (χ0n) is 16.8. The predicted octanol–water partition coefficient (Wildman–Crippen LogP) is 4.56. The fourth-order valence-electron chi connectivity index (χ4n) is 3.45. The molecule has 156 valence electrons. The van der Waals surface area contributed by atoms with Gasteiger partial charge in [0.15, 0.2) is 5.43 Å². The minimum atomic E-state index is -1.17. The molecule has 0 spiro atoms. The second-order valence-corrected chi connectivity index (χ2v) is 7.52. The van der Waals surface area contributed by atoms with E-state index in [2.05, 4.69) is 5.32 Å². The van der Waals surface area contributed by atoms with Crippen LogP contribution in [0.3, 0.4) is 0 Å². The molecule has 3 N–H and O–H groups in total. The second kappa shape index (κ2) is 7.60. The first-order chi connectivity index (χ1) is 14.7. The molecule has 2 aromatic rings. The van der Waals surface area contributed by atoms with Gasteiger partial charge in [-0.05, 0) is 42.0 Å². The number of benzene rings is 3. The number of phenols is 1. The number of carbonyl (C=O) groups excluding carboxylic acids is 1. The third kappa shape index (κ3) is 3.73. The van der Waals surface area contributed by atoms with E-state index < -0.39 is 5.97 Å². The van der Waals surface area contributed by atoms with Crippen molar-refractivity contribution in [3.05, 3.63) is 70.4 Å². The highest BCUT2D eigenvalue weighted by Crippen LogP contribution is 2.42. The maximum Gasteiger partial charge on any atom is 0.336 e. The summed E-state index contributed by atoms with van der Waals surface area (Å²) >= 11 is 0. The zero-order valence-corrected chi connectivity index (χ0v) is 16.8. The number of amides is 1. The number of anilines is 1. The highest BCUT2D eigenvalue weighted by Gasteiger charge is 2.22. The molecule has 0 aromatic heterocycles. The van der Waals surface area contributed by atoms with Crippen LogP contribution < -0.4 is 10.7 Å². The Kier molecular flexibility index (Phi) is 4.94. The molecule has 2 aromatic carbocycles. The van der Waals surface area contributed by atoms with E-state index in [0.29, 0.717) is 33.3 Å². The van der Waals surface area contributed by atoms with Crippen molar-refractivity contribution in [3.63, 3.8) is 0 Å². The van der Waals surface area contributed by atoms with Crippen LogP contribution in [0.1, 0.15) is 24.2 Å². The first-order valence-electron chi connectivity index (χ1n) is 9.63. The number of rotatable bonds is 4. The highest BCUT2D eigenvalue weighted by molar-refractivity contribution is 6.08. The number of fused-ring (bicyclic) bond motifs is 2. The Labute approximate surface area is 176 Å². The van der Waals surface area contributed by atoms with E-state index in [4.69, 9.17) is 4.42 Å². The van der Waals surface area contributed by atoms with Crippen LogP contribution in [0.25, 0.3) is 33.4 Å². The third-order valence-electron chi connectivity index (χ3n) is 4.99. The molecular formula is C24H19NO6.